The lowest BCUT2D eigenvalue weighted by molar-refractivity contribution is -0.140. The van der Waals surface area contributed by atoms with Crippen LogP contribution in [-0.2, 0) is 14.4 Å². The molecule has 1 unspecified atom stereocenters. The number of nitrogens with one attached hydrogen (secondary N) is 3. The van der Waals surface area contributed by atoms with Crippen molar-refractivity contribution in [2.24, 2.45) is 0 Å². The Morgan fingerprint density at radius 3 is 2.50 bits per heavy atom. The summed E-state index contributed by atoms with van der Waals surface area (Å²) in [5.74, 6) is -2.27. The zero-order chi connectivity index (χ0) is 15.5. The molecule has 0 fully saturated rings. The zero-order valence-corrected chi connectivity index (χ0v) is 11.8. The number of aliphatic carboxylic acids is 1. The highest BCUT2D eigenvalue weighted by Gasteiger charge is 2.18. The van der Waals surface area contributed by atoms with Gasteiger partial charge >= 0.3 is 12.0 Å². The molecule has 112 valence electrons. The molecule has 0 spiro atoms. The fraction of sp³-hybridized carbons (Fsp3) is 0.455. The molecule has 0 radical (unpaired) electrons. The highest BCUT2D eigenvalue weighted by atomic mass is 32.2. The Hall–Kier alpha value is -2.03. The summed E-state index contributed by atoms with van der Waals surface area (Å²) in [6.07, 6.45) is 1.46. The Morgan fingerprint density at radius 1 is 1.35 bits per heavy atom. The highest BCUT2D eigenvalue weighted by molar-refractivity contribution is 8.00. The first kappa shape index (κ1) is 18.0. The van der Waals surface area contributed by atoms with E-state index in [1.807, 2.05) is 0 Å². The first-order valence-corrected chi connectivity index (χ1v) is 6.78. The number of rotatable bonds is 8. The van der Waals surface area contributed by atoms with Crippen LogP contribution in [0.4, 0.5) is 4.79 Å². The summed E-state index contributed by atoms with van der Waals surface area (Å²) in [5.41, 5.74) is 0. The van der Waals surface area contributed by atoms with E-state index in [-0.39, 0.29) is 18.1 Å². The number of carboxylic acids is 1. The molecular formula is C11H17N3O5S. The van der Waals surface area contributed by atoms with Gasteiger partial charge in [0.05, 0.1) is 5.75 Å². The largest absolute Gasteiger partial charge is 0.480 e. The number of hydrogen-bond acceptors (Lipinski definition) is 5. The Bertz CT molecular complexity index is 400. The van der Waals surface area contributed by atoms with Gasteiger partial charge < -0.3 is 15.7 Å². The van der Waals surface area contributed by atoms with E-state index in [4.69, 9.17) is 5.11 Å². The maximum Gasteiger partial charge on any atom is 0.327 e. The number of urea groups is 1. The number of carboxylic acid groups (broad SMARTS) is 1. The molecule has 0 rings (SSSR count). The van der Waals surface area contributed by atoms with E-state index in [2.05, 4.69) is 22.5 Å². The molecule has 20 heavy (non-hydrogen) atoms. The van der Waals surface area contributed by atoms with Crippen molar-refractivity contribution in [3.63, 3.8) is 0 Å². The lowest BCUT2D eigenvalue weighted by Crippen LogP contribution is -2.42. The van der Waals surface area contributed by atoms with E-state index >= 15 is 0 Å². The quantitative estimate of drug-likeness (QED) is 0.440. The second kappa shape index (κ2) is 9.84. The molecule has 1 atom stereocenters. The van der Waals surface area contributed by atoms with Crippen LogP contribution >= 0.6 is 11.8 Å². The van der Waals surface area contributed by atoms with Gasteiger partial charge in [0.25, 0.3) is 0 Å². The third-order valence-corrected chi connectivity index (χ3v) is 2.89. The highest BCUT2D eigenvalue weighted by Crippen LogP contribution is 2.03. The average Bonchev–Trinajstić information content (AvgIpc) is 2.34. The van der Waals surface area contributed by atoms with Crippen molar-refractivity contribution in [1.82, 2.24) is 16.0 Å². The Labute approximate surface area is 120 Å². The SMILES string of the molecule is C=CCNC(=O)NC(=O)CSCC(NC(C)=O)C(=O)O. The smallest absolute Gasteiger partial charge is 0.327 e. The van der Waals surface area contributed by atoms with Crippen LogP contribution in [0.15, 0.2) is 12.7 Å². The van der Waals surface area contributed by atoms with Gasteiger partial charge in [-0.1, -0.05) is 6.08 Å². The molecule has 9 heteroatoms. The zero-order valence-electron chi connectivity index (χ0n) is 11.0. The molecule has 4 amide bonds. The Kier molecular flexibility index (Phi) is 8.84. The molecule has 0 aromatic rings. The van der Waals surface area contributed by atoms with Crippen molar-refractivity contribution in [2.75, 3.05) is 18.1 Å². The molecule has 0 saturated heterocycles. The predicted molar refractivity (Wildman–Crippen MR) is 74.3 cm³/mol. The molecule has 0 bridgehead atoms. The minimum absolute atomic E-state index is 0.0244. The fourth-order valence-corrected chi connectivity index (χ4v) is 1.90. The number of thioether (sulfide) groups is 1. The van der Waals surface area contributed by atoms with Crippen molar-refractivity contribution >= 4 is 35.6 Å². The Morgan fingerprint density at radius 2 is 2.00 bits per heavy atom. The van der Waals surface area contributed by atoms with E-state index < -0.39 is 29.9 Å². The Balaban J connectivity index is 3.99. The second-order valence-corrected chi connectivity index (χ2v) is 4.68. The lowest BCUT2D eigenvalue weighted by atomic mass is 10.3. The van der Waals surface area contributed by atoms with Gasteiger partial charge in [0.15, 0.2) is 0 Å². The van der Waals surface area contributed by atoms with Crippen LogP contribution in [0, 0.1) is 0 Å². The first-order chi connectivity index (χ1) is 9.36. The van der Waals surface area contributed by atoms with Gasteiger partial charge in [-0.2, -0.15) is 0 Å². The van der Waals surface area contributed by atoms with Gasteiger partial charge in [-0.05, 0) is 0 Å². The van der Waals surface area contributed by atoms with E-state index in [1.54, 1.807) is 0 Å². The maximum atomic E-state index is 11.3. The normalized spacial score (nSPS) is 11.1. The molecule has 0 aliphatic rings. The van der Waals surface area contributed by atoms with Gasteiger partial charge in [0, 0.05) is 19.2 Å². The number of carbonyl (C=O) groups excluding carboxylic acids is 3. The first-order valence-electron chi connectivity index (χ1n) is 5.63. The molecule has 0 saturated carbocycles. The third kappa shape index (κ3) is 8.97. The second-order valence-electron chi connectivity index (χ2n) is 3.65. The third-order valence-electron chi connectivity index (χ3n) is 1.85. The van der Waals surface area contributed by atoms with Crippen LogP contribution in [0.2, 0.25) is 0 Å². The van der Waals surface area contributed by atoms with Crippen LogP contribution in [-0.4, -0.2) is 53.0 Å². The standard InChI is InChI=1S/C11H17N3O5S/c1-3-4-12-11(19)14-9(16)6-20-5-8(10(17)18)13-7(2)15/h3,8H,1,4-6H2,2H3,(H,13,15)(H,17,18)(H2,12,14,16,19). The summed E-state index contributed by atoms with van der Waals surface area (Å²) in [6, 6.07) is -1.72. The monoisotopic (exact) mass is 303 g/mol. The van der Waals surface area contributed by atoms with Gasteiger partial charge in [-0.3, -0.25) is 14.9 Å². The minimum atomic E-state index is -1.18. The number of hydrogen-bond donors (Lipinski definition) is 4. The van der Waals surface area contributed by atoms with E-state index in [0.717, 1.165) is 11.8 Å². The van der Waals surface area contributed by atoms with Crippen molar-refractivity contribution < 1.29 is 24.3 Å². The van der Waals surface area contributed by atoms with Crippen LogP contribution in [0.25, 0.3) is 0 Å². The van der Waals surface area contributed by atoms with Crippen LogP contribution in [0.5, 0.6) is 0 Å². The summed E-state index contributed by atoms with van der Waals surface area (Å²) in [4.78, 5) is 44.0. The van der Waals surface area contributed by atoms with Gasteiger partial charge in [-0.15, -0.1) is 18.3 Å². The molecular weight excluding hydrogens is 286 g/mol. The van der Waals surface area contributed by atoms with Crippen LogP contribution < -0.4 is 16.0 Å². The van der Waals surface area contributed by atoms with Gasteiger partial charge in [-0.25, -0.2) is 9.59 Å². The predicted octanol–water partition coefficient (Wildman–Crippen LogP) is -0.679. The fourth-order valence-electron chi connectivity index (χ4n) is 1.06. The summed E-state index contributed by atoms with van der Waals surface area (Å²) in [6.45, 7) is 4.84. The molecule has 8 nitrogen and oxygen atoms in total. The lowest BCUT2D eigenvalue weighted by Gasteiger charge is -2.12. The van der Waals surface area contributed by atoms with E-state index in [1.165, 1.54) is 13.0 Å². The number of amides is 4. The minimum Gasteiger partial charge on any atom is -0.480 e. The summed E-state index contributed by atoms with van der Waals surface area (Å²) in [7, 11) is 0. The van der Waals surface area contributed by atoms with Crippen molar-refractivity contribution in [3.8, 4) is 0 Å². The number of imide groups is 1. The van der Waals surface area contributed by atoms with E-state index in [9.17, 15) is 19.2 Å². The maximum absolute atomic E-state index is 11.3. The number of carbonyl (C=O) groups is 4. The molecule has 0 aromatic heterocycles. The molecule has 0 heterocycles. The average molecular weight is 303 g/mol. The molecule has 0 aromatic carbocycles. The van der Waals surface area contributed by atoms with Crippen LogP contribution in [0.3, 0.4) is 0 Å². The molecule has 0 aliphatic heterocycles. The van der Waals surface area contributed by atoms with Crippen molar-refractivity contribution in [1.29, 1.82) is 0 Å². The van der Waals surface area contributed by atoms with E-state index in [0.29, 0.717) is 0 Å². The molecule has 4 N–H and O–H groups in total. The van der Waals surface area contributed by atoms with Crippen molar-refractivity contribution in [3.05, 3.63) is 12.7 Å². The summed E-state index contributed by atoms with van der Waals surface area (Å²) < 4.78 is 0. The summed E-state index contributed by atoms with van der Waals surface area (Å²) >= 11 is 0.998. The topological polar surface area (TPSA) is 125 Å². The summed E-state index contributed by atoms with van der Waals surface area (Å²) in [5, 5.41) is 15.5. The molecule has 0 aliphatic carbocycles. The van der Waals surface area contributed by atoms with Gasteiger partial charge in [0.1, 0.15) is 6.04 Å². The van der Waals surface area contributed by atoms with Crippen LogP contribution in [0.1, 0.15) is 6.92 Å². The van der Waals surface area contributed by atoms with Crippen molar-refractivity contribution in [2.45, 2.75) is 13.0 Å². The van der Waals surface area contributed by atoms with Gasteiger partial charge in [0.2, 0.25) is 11.8 Å².